The van der Waals surface area contributed by atoms with Gasteiger partial charge in [0.15, 0.2) is 0 Å². The number of urea groups is 1. The van der Waals surface area contributed by atoms with Crippen molar-refractivity contribution in [1.29, 1.82) is 0 Å². The summed E-state index contributed by atoms with van der Waals surface area (Å²) in [6, 6.07) is 9.81. The highest BCUT2D eigenvalue weighted by atomic mass is 35.5. The SMILES string of the molecule is COc1ccc(C(=O)NCCNC(=O)Nc2ccc(F)cc2Cl)cc1. The monoisotopic (exact) mass is 365 g/mol. The van der Waals surface area contributed by atoms with Gasteiger partial charge in [0.05, 0.1) is 17.8 Å². The molecule has 0 spiro atoms. The van der Waals surface area contributed by atoms with Gasteiger partial charge in [0.1, 0.15) is 11.6 Å². The molecule has 0 bridgehead atoms. The molecular weight excluding hydrogens is 349 g/mol. The number of methoxy groups -OCH3 is 1. The zero-order valence-electron chi connectivity index (χ0n) is 13.4. The molecule has 2 rings (SSSR count). The molecule has 0 aliphatic heterocycles. The molecule has 0 heterocycles. The summed E-state index contributed by atoms with van der Waals surface area (Å²) in [5, 5.41) is 7.83. The summed E-state index contributed by atoms with van der Waals surface area (Å²) in [5.74, 6) is -0.0852. The molecule has 0 aromatic heterocycles. The van der Waals surface area contributed by atoms with Gasteiger partial charge in [-0.2, -0.15) is 0 Å². The van der Waals surface area contributed by atoms with Crippen LogP contribution >= 0.6 is 11.6 Å². The molecular formula is C17H17ClFN3O3. The predicted octanol–water partition coefficient (Wildman–Crippen LogP) is 3.04. The van der Waals surface area contributed by atoms with E-state index in [1.54, 1.807) is 31.4 Å². The molecule has 0 saturated carbocycles. The number of halogens is 2. The molecule has 0 radical (unpaired) electrons. The van der Waals surface area contributed by atoms with Crippen molar-refractivity contribution < 1.29 is 18.7 Å². The van der Waals surface area contributed by atoms with Crippen LogP contribution in [0.1, 0.15) is 10.4 Å². The van der Waals surface area contributed by atoms with Crippen LogP contribution < -0.4 is 20.7 Å². The van der Waals surface area contributed by atoms with Crippen molar-refractivity contribution >= 4 is 29.2 Å². The summed E-state index contributed by atoms with van der Waals surface area (Å²) in [7, 11) is 1.55. The Hall–Kier alpha value is -2.80. The number of anilines is 1. The quantitative estimate of drug-likeness (QED) is 0.688. The summed E-state index contributed by atoms with van der Waals surface area (Å²) in [6.07, 6.45) is 0. The van der Waals surface area contributed by atoms with Gasteiger partial charge in [0, 0.05) is 18.7 Å². The Balaban J connectivity index is 1.72. The van der Waals surface area contributed by atoms with Gasteiger partial charge < -0.3 is 20.7 Å². The van der Waals surface area contributed by atoms with E-state index in [9.17, 15) is 14.0 Å². The molecule has 0 unspecified atom stereocenters. The van der Waals surface area contributed by atoms with Crippen LogP contribution in [0.15, 0.2) is 42.5 Å². The minimum absolute atomic E-state index is 0.1000. The molecule has 0 fully saturated rings. The van der Waals surface area contributed by atoms with Crippen LogP contribution in [-0.4, -0.2) is 32.1 Å². The van der Waals surface area contributed by atoms with Gasteiger partial charge in [0.2, 0.25) is 0 Å². The minimum atomic E-state index is -0.507. The molecule has 3 N–H and O–H groups in total. The lowest BCUT2D eigenvalue weighted by atomic mass is 10.2. The molecule has 2 aromatic rings. The average molecular weight is 366 g/mol. The van der Waals surface area contributed by atoms with E-state index >= 15 is 0 Å². The normalized spacial score (nSPS) is 10.0. The van der Waals surface area contributed by atoms with Gasteiger partial charge in [-0.15, -0.1) is 0 Å². The predicted molar refractivity (Wildman–Crippen MR) is 93.8 cm³/mol. The molecule has 6 nitrogen and oxygen atoms in total. The summed E-state index contributed by atoms with van der Waals surface area (Å²) < 4.78 is 18.0. The molecule has 2 aromatic carbocycles. The molecule has 8 heteroatoms. The van der Waals surface area contributed by atoms with Crippen molar-refractivity contribution in [3.8, 4) is 5.75 Å². The highest BCUT2D eigenvalue weighted by Crippen LogP contribution is 2.22. The van der Waals surface area contributed by atoms with Gasteiger partial charge in [-0.1, -0.05) is 11.6 Å². The highest BCUT2D eigenvalue weighted by Gasteiger charge is 2.07. The Morgan fingerprint density at radius 1 is 1.08 bits per heavy atom. The fourth-order valence-electron chi connectivity index (χ4n) is 1.95. The largest absolute Gasteiger partial charge is 0.497 e. The van der Waals surface area contributed by atoms with Crippen LogP contribution in [0.2, 0.25) is 5.02 Å². The Kier molecular flexibility index (Phi) is 6.59. The molecule has 132 valence electrons. The van der Waals surface area contributed by atoms with E-state index in [0.29, 0.717) is 17.0 Å². The zero-order valence-corrected chi connectivity index (χ0v) is 14.2. The van der Waals surface area contributed by atoms with E-state index in [1.165, 1.54) is 12.1 Å². The van der Waals surface area contributed by atoms with E-state index in [0.717, 1.165) is 6.07 Å². The summed E-state index contributed by atoms with van der Waals surface area (Å²) in [6.45, 7) is 0.460. The van der Waals surface area contributed by atoms with Crippen molar-refractivity contribution in [3.05, 3.63) is 58.9 Å². The first-order valence-electron chi connectivity index (χ1n) is 7.42. The summed E-state index contributed by atoms with van der Waals surface area (Å²) in [4.78, 5) is 23.7. The second kappa shape index (κ2) is 8.89. The number of carbonyl (C=O) groups excluding carboxylic acids is 2. The number of ether oxygens (including phenoxy) is 1. The number of amides is 3. The molecule has 0 aliphatic carbocycles. The van der Waals surface area contributed by atoms with E-state index in [1.807, 2.05) is 0 Å². The average Bonchev–Trinajstić information content (AvgIpc) is 2.61. The van der Waals surface area contributed by atoms with Crippen molar-refractivity contribution in [2.75, 3.05) is 25.5 Å². The maximum atomic E-state index is 12.9. The second-order valence-corrected chi connectivity index (χ2v) is 5.40. The molecule has 0 aliphatic rings. The highest BCUT2D eigenvalue weighted by molar-refractivity contribution is 6.33. The van der Waals surface area contributed by atoms with Crippen molar-refractivity contribution in [2.24, 2.45) is 0 Å². The van der Waals surface area contributed by atoms with Gasteiger partial charge in [-0.05, 0) is 42.5 Å². The van der Waals surface area contributed by atoms with Crippen molar-refractivity contribution in [1.82, 2.24) is 10.6 Å². The Bertz CT molecular complexity index is 753. The first kappa shape index (κ1) is 18.5. The van der Waals surface area contributed by atoms with Crippen LogP contribution in [0.4, 0.5) is 14.9 Å². The molecule has 0 atom stereocenters. The third-order valence-corrected chi connectivity index (χ3v) is 3.54. The lowest BCUT2D eigenvalue weighted by Gasteiger charge is -2.10. The third kappa shape index (κ3) is 5.65. The first-order chi connectivity index (χ1) is 12.0. The molecule has 3 amide bonds. The third-order valence-electron chi connectivity index (χ3n) is 3.23. The minimum Gasteiger partial charge on any atom is -0.497 e. The summed E-state index contributed by atoms with van der Waals surface area (Å²) in [5.41, 5.74) is 0.784. The standard InChI is InChI=1S/C17H17ClFN3O3/c1-25-13-5-2-11(3-6-13)16(23)20-8-9-21-17(24)22-15-7-4-12(19)10-14(15)18/h2-7,10H,8-9H2,1H3,(H,20,23)(H2,21,22,24). The van der Waals surface area contributed by atoms with Gasteiger partial charge in [-0.3, -0.25) is 4.79 Å². The topological polar surface area (TPSA) is 79.5 Å². The van der Waals surface area contributed by atoms with Crippen LogP contribution in [0, 0.1) is 5.82 Å². The van der Waals surface area contributed by atoms with Gasteiger partial charge in [-0.25, -0.2) is 9.18 Å². The van der Waals surface area contributed by atoms with Crippen LogP contribution in [-0.2, 0) is 0 Å². The fraction of sp³-hybridized carbons (Fsp3) is 0.176. The number of nitrogens with one attached hydrogen (secondary N) is 3. The Morgan fingerprint density at radius 3 is 2.40 bits per heavy atom. The summed E-state index contributed by atoms with van der Waals surface area (Å²) >= 11 is 5.82. The lowest BCUT2D eigenvalue weighted by molar-refractivity contribution is 0.0954. The van der Waals surface area contributed by atoms with Crippen molar-refractivity contribution in [3.63, 3.8) is 0 Å². The number of carbonyl (C=O) groups is 2. The number of hydrogen-bond acceptors (Lipinski definition) is 3. The first-order valence-corrected chi connectivity index (χ1v) is 7.79. The van der Waals surface area contributed by atoms with Gasteiger partial charge in [0.25, 0.3) is 5.91 Å². The number of rotatable bonds is 6. The van der Waals surface area contributed by atoms with E-state index in [4.69, 9.17) is 16.3 Å². The van der Waals surface area contributed by atoms with Crippen LogP contribution in [0.3, 0.4) is 0 Å². The number of benzene rings is 2. The molecule has 25 heavy (non-hydrogen) atoms. The van der Waals surface area contributed by atoms with Crippen molar-refractivity contribution in [2.45, 2.75) is 0 Å². The maximum absolute atomic E-state index is 12.9. The smallest absolute Gasteiger partial charge is 0.319 e. The second-order valence-electron chi connectivity index (χ2n) is 4.99. The number of hydrogen-bond donors (Lipinski definition) is 3. The fourth-order valence-corrected chi connectivity index (χ4v) is 2.17. The van der Waals surface area contributed by atoms with E-state index in [-0.39, 0.29) is 24.0 Å². The maximum Gasteiger partial charge on any atom is 0.319 e. The Morgan fingerprint density at radius 2 is 1.76 bits per heavy atom. The van der Waals surface area contributed by atoms with Crippen LogP contribution in [0.5, 0.6) is 5.75 Å². The molecule has 0 saturated heterocycles. The van der Waals surface area contributed by atoms with E-state index in [2.05, 4.69) is 16.0 Å². The van der Waals surface area contributed by atoms with Crippen LogP contribution in [0.25, 0.3) is 0 Å². The Labute approximate surface area is 149 Å². The van der Waals surface area contributed by atoms with Gasteiger partial charge >= 0.3 is 6.03 Å². The zero-order chi connectivity index (χ0) is 18.2. The van der Waals surface area contributed by atoms with E-state index < -0.39 is 11.8 Å². The lowest BCUT2D eigenvalue weighted by Crippen LogP contribution is -2.36.